The van der Waals surface area contributed by atoms with Gasteiger partial charge in [-0.05, 0) is 48.2 Å². The van der Waals surface area contributed by atoms with Crippen molar-refractivity contribution >= 4 is 11.6 Å². The lowest BCUT2D eigenvalue weighted by molar-refractivity contribution is 0.254. The van der Waals surface area contributed by atoms with Gasteiger partial charge < -0.3 is 10.5 Å². The van der Waals surface area contributed by atoms with Gasteiger partial charge in [-0.15, -0.1) is 0 Å². The molecule has 0 fully saturated rings. The van der Waals surface area contributed by atoms with Crippen LogP contribution in [0.5, 0.6) is 5.75 Å². The Labute approximate surface area is 124 Å². The average Bonchev–Trinajstić information content (AvgIpc) is 2.80. The third kappa shape index (κ3) is 2.41. The van der Waals surface area contributed by atoms with Crippen molar-refractivity contribution in [3.05, 3.63) is 63.7 Å². The predicted molar refractivity (Wildman–Crippen MR) is 82.5 cm³/mol. The predicted octanol–water partition coefficient (Wildman–Crippen LogP) is 4.02. The molecule has 0 saturated carbocycles. The van der Waals surface area contributed by atoms with Crippen molar-refractivity contribution < 1.29 is 4.74 Å². The largest absolute Gasteiger partial charge is 0.490 e. The second-order valence-electron chi connectivity index (χ2n) is 5.49. The van der Waals surface area contributed by atoms with E-state index in [1.807, 2.05) is 37.3 Å². The lowest BCUT2D eigenvalue weighted by Gasteiger charge is -2.14. The minimum absolute atomic E-state index is 0.158. The first-order valence-corrected chi connectivity index (χ1v) is 7.23. The Kier molecular flexibility index (Phi) is 3.45. The van der Waals surface area contributed by atoms with Crippen LogP contribution in [0.2, 0.25) is 5.02 Å². The van der Waals surface area contributed by atoms with E-state index in [4.69, 9.17) is 22.1 Å². The normalized spacial score (nSPS) is 18.5. The van der Waals surface area contributed by atoms with Crippen molar-refractivity contribution in [1.82, 2.24) is 0 Å². The summed E-state index contributed by atoms with van der Waals surface area (Å²) in [6, 6.07) is 12.0. The zero-order valence-corrected chi connectivity index (χ0v) is 12.4. The van der Waals surface area contributed by atoms with Crippen molar-refractivity contribution in [3.8, 4) is 5.75 Å². The van der Waals surface area contributed by atoms with E-state index in [-0.39, 0.29) is 12.1 Å². The van der Waals surface area contributed by atoms with Gasteiger partial charge in [-0.25, -0.2) is 0 Å². The second kappa shape index (κ2) is 5.12. The SMILES string of the molecule is Cc1ccc(C(N)c2ccc3c(c2)CC(C)O3)cc1Cl. The Bertz CT molecular complexity index is 653. The molecule has 0 amide bonds. The van der Waals surface area contributed by atoms with Crippen molar-refractivity contribution in [2.45, 2.75) is 32.4 Å². The maximum absolute atomic E-state index is 6.36. The van der Waals surface area contributed by atoms with Gasteiger partial charge in [-0.3, -0.25) is 0 Å². The monoisotopic (exact) mass is 287 g/mol. The Morgan fingerprint density at radius 2 is 1.90 bits per heavy atom. The summed E-state index contributed by atoms with van der Waals surface area (Å²) in [6.45, 7) is 4.07. The van der Waals surface area contributed by atoms with Gasteiger partial charge >= 0.3 is 0 Å². The molecule has 0 spiro atoms. The highest BCUT2D eigenvalue weighted by Gasteiger charge is 2.20. The molecule has 2 aromatic rings. The summed E-state index contributed by atoms with van der Waals surface area (Å²) < 4.78 is 5.72. The van der Waals surface area contributed by atoms with E-state index < -0.39 is 0 Å². The average molecular weight is 288 g/mol. The van der Waals surface area contributed by atoms with E-state index in [1.54, 1.807) is 0 Å². The molecular weight excluding hydrogens is 270 g/mol. The Morgan fingerprint density at radius 3 is 2.65 bits per heavy atom. The molecule has 0 saturated heterocycles. The van der Waals surface area contributed by atoms with Crippen molar-refractivity contribution in [2.75, 3.05) is 0 Å². The van der Waals surface area contributed by atoms with Crippen LogP contribution in [0.1, 0.15) is 35.2 Å². The molecule has 104 valence electrons. The third-order valence-corrected chi connectivity index (χ3v) is 4.24. The quantitative estimate of drug-likeness (QED) is 0.905. The summed E-state index contributed by atoms with van der Waals surface area (Å²) in [4.78, 5) is 0. The first kappa shape index (κ1) is 13.5. The van der Waals surface area contributed by atoms with Crippen LogP contribution in [0.25, 0.3) is 0 Å². The molecule has 0 aliphatic carbocycles. The van der Waals surface area contributed by atoms with Crippen LogP contribution < -0.4 is 10.5 Å². The fourth-order valence-electron chi connectivity index (χ4n) is 2.63. The van der Waals surface area contributed by atoms with Gasteiger partial charge in [-0.2, -0.15) is 0 Å². The number of aryl methyl sites for hydroxylation is 1. The highest BCUT2D eigenvalue weighted by molar-refractivity contribution is 6.31. The molecule has 1 aliphatic rings. The number of hydrogen-bond acceptors (Lipinski definition) is 2. The minimum atomic E-state index is -0.158. The van der Waals surface area contributed by atoms with Gasteiger partial charge in [0.15, 0.2) is 0 Å². The molecule has 0 aromatic heterocycles. The summed E-state index contributed by atoms with van der Waals surface area (Å²) in [5.74, 6) is 0.982. The second-order valence-corrected chi connectivity index (χ2v) is 5.89. The van der Waals surface area contributed by atoms with Gasteiger partial charge in [0.25, 0.3) is 0 Å². The lowest BCUT2D eigenvalue weighted by atomic mass is 9.96. The fraction of sp³-hybridized carbons (Fsp3) is 0.294. The van der Waals surface area contributed by atoms with E-state index in [0.29, 0.717) is 0 Å². The van der Waals surface area contributed by atoms with E-state index in [0.717, 1.165) is 33.9 Å². The molecule has 1 aliphatic heterocycles. The van der Waals surface area contributed by atoms with Gasteiger partial charge in [0.2, 0.25) is 0 Å². The number of fused-ring (bicyclic) bond motifs is 1. The Hall–Kier alpha value is -1.51. The first-order valence-electron chi connectivity index (χ1n) is 6.85. The standard InChI is InChI=1S/C17H18ClNO/c1-10-3-4-13(9-15(10)18)17(19)12-5-6-16-14(8-12)7-11(2)20-16/h3-6,8-9,11,17H,7,19H2,1-2H3. The lowest BCUT2D eigenvalue weighted by Crippen LogP contribution is -2.12. The summed E-state index contributed by atoms with van der Waals surface area (Å²) in [6.07, 6.45) is 1.20. The van der Waals surface area contributed by atoms with Gasteiger partial charge in [-0.1, -0.05) is 35.9 Å². The topological polar surface area (TPSA) is 35.2 Å². The number of rotatable bonds is 2. The Morgan fingerprint density at radius 1 is 1.20 bits per heavy atom. The van der Waals surface area contributed by atoms with Gasteiger partial charge in [0.1, 0.15) is 11.9 Å². The number of hydrogen-bond donors (Lipinski definition) is 1. The fourth-order valence-corrected chi connectivity index (χ4v) is 2.82. The molecule has 0 bridgehead atoms. The number of nitrogens with two attached hydrogens (primary N) is 1. The molecule has 2 atom stereocenters. The van der Waals surface area contributed by atoms with E-state index >= 15 is 0 Å². The summed E-state index contributed by atoms with van der Waals surface area (Å²) in [7, 11) is 0. The molecule has 1 heterocycles. The smallest absolute Gasteiger partial charge is 0.123 e. The van der Waals surface area contributed by atoms with Gasteiger partial charge in [0, 0.05) is 11.4 Å². The maximum Gasteiger partial charge on any atom is 0.123 e. The summed E-state index contributed by atoms with van der Waals surface area (Å²) in [5.41, 5.74) is 10.8. The number of halogens is 1. The highest BCUT2D eigenvalue weighted by Crippen LogP contribution is 2.32. The Balaban J connectivity index is 1.93. The zero-order chi connectivity index (χ0) is 14.3. The van der Waals surface area contributed by atoms with Crippen molar-refractivity contribution in [1.29, 1.82) is 0 Å². The number of ether oxygens (including phenoxy) is 1. The molecule has 2 N–H and O–H groups in total. The molecule has 2 unspecified atom stereocenters. The van der Waals surface area contributed by atoms with E-state index in [9.17, 15) is 0 Å². The van der Waals surface area contributed by atoms with Crippen LogP contribution in [-0.4, -0.2) is 6.10 Å². The molecule has 2 nitrogen and oxygen atoms in total. The molecule has 3 rings (SSSR count). The summed E-state index contributed by atoms with van der Waals surface area (Å²) >= 11 is 6.18. The first-order chi connectivity index (χ1) is 9.54. The minimum Gasteiger partial charge on any atom is -0.490 e. The number of benzene rings is 2. The molecule has 2 aromatic carbocycles. The van der Waals surface area contributed by atoms with Gasteiger partial charge in [0.05, 0.1) is 6.04 Å². The van der Waals surface area contributed by atoms with Crippen LogP contribution in [0.3, 0.4) is 0 Å². The van der Waals surface area contributed by atoms with Crippen LogP contribution in [0.4, 0.5) is 0 Å². The van der Waals surface area contributed by atoms with E-state index in [1.165, 1.54) is 5.56 Å². The van der Waals surface area contributed by atoms with Crippen LogP contribution in [0.15, 0.2) is 36.4 Å². The molecular formula is C17H18ClNO. The van der Waals surface area contributed by atoms with Crippen LogP contribution in [-0.2, 0) is 6.42 Å². The van der Waals surface area contributed by atoms with Crippen molar-refractivity contribution in [3.63, 3.8) is 0 Å². The van der Waals surface area contributed by atoms with Crippen LogP contribution >= 0.6 is 11.6 Å². The van der Waals surface area contributed by atoms with E-state index in [2.05, 4.69) is 13.0 Å². The molecule has 0 radical (unpaired) electrons. The third-order valence-electron chi connectivity index (χ3n) is 3.83. The molecule has 3 heteroatoms. The summed E-state index contributed by atoms with van der Waals surface area (Å²) in [5, 5.41) is 0.760. The van der Waals surface area contributed by atoms with Crippen LogP contribution in [0, 0.1) is 6.92 Å². The zero-order valence-electron chi connectivity index (χ0n) is 11.7. The highest BCUT2D eigenvalue weighted by atomic mass is 35.5. The molecule has 20 heavy (non-hydrogen) atoms. The van der Waals surface area contributed by atoms with Crippen molar-refractivity contribution in [2.24, 2.45) is 5.73 Å². The maximum atomic E-state index is 6.36.